The number of rotatable bonds is 4. The Morgan fingerprint density at radius 2 is 2.06 bits per heavy atom. The average Bonchev–Trinajstić information content (AvgIpc) is 3.42. The van der Waals surface area contributed by atoms with Crippen molar-refractivity contribution in [3.8, 4) is 5.75 Å². The molecule has 0 bridgehead atoms. The topological polar surface area (TPSA) is 110 Å². The number of aromatic nitrogens is 1. The zero-order valence-electron chi connectivity index (χ0n) is 19.5. The average molecular weight is 501 g/mol. The zero-order chi connectivity index (χ0) is 24.4. The van der Waals surface area contributed by atoms with E-state index in [0.29, 0.717) is 68.3 Å². The maximum absolute atomic E-state index is 13.4. The molecule has 0 radical (unpaired) electrons. The van der Waals surface area contributed by atoms with E-state index in [2.05, 4.69) is 10.3 Å². The summed E-state index contributed by atoms with van der Waals surface area (Å²) in [5.41, 5.74) is 2.79. The lowest BCUT2D eigenvalue weighted by atomic mass is 9.94. The van der Waals surface area contributed by atoms with Crippen LogP contribution in [-0.2, 0) is 14.3 Å². The van der Waals surface area contributed by atoms with Crippen LogP contribution in [0.2, 0.25) is 0 Å². The molecule has 2 saturated heterocycles. The highest BCUT2D eigenvalue weighted by molar-refractivity contribution is 7.07. The Kier molecular flexibility index (Phi) is 6.98. The number of nitrogens with one attached hydrogen (secondary N) is 1. The molecule has 0 aliphatic carbocycles. The number of fused-ring (bicyclic) bond motifs is 2. The molecule has 4 heterocycles. The standard InChI is InChI=1S/C24H28N4O6S/c1-27-19-4-3-16(11-22(29)28-6-8-32-9-7-28)34-21(19)12-33-20-5-2-15(10-17(20)24(27)31)26-23(30)18-13-35-14-25-18/h2,5,10,13-14,16,19,21H,3-4,6-9,11-12H2,1H3,(H,26,30)/t16-,19-,21-/m0/s1. The summed E-state index contributed by atoms with van der Waals surface area (Å²) in [5.74, 6) is -0.0318. The highest BCUT2D eigenvalue weighted by Gasteiger charge is 2.39. The first kappa shape index (κ1) is 23.7. The van der Waals surface area contributed by atoms with Gasteiger partial charge in [0.15, 0.2) is 0 Å². The van der Waals surface area contributed by atoms with Crippen LogP contribution >= 0.6 is 11.3 Å². The van der Waals surface area contributed by atoms with Crippen LogP contribution < -0.4 is 10.1 Å². The summed E-state index contributed by atoms with van der Waals surface area (Å²) < 4.78 is 17.6. The highest BCUT2D eigenvalue weighted by atomic mass is 32.1. The van der Waals surface area contributed by atoms with Crippen molar-refractivity contribution in [1.82, 2.24) is 14.8 Å². The van der Waals surface area contributed by atoms with Crippen molar-refractivity contribution in [1.29, 1.82) is 0 Å². The van der Waals surface area contributed by atoms with Gasteiger partial charge in [0, 0.05) is 31.2 Å². The number of morpholine rings is 1. The van der Waals surface area contributed by atoms with Crippen LogP contribution in [0, 0.1) is 0 Å². The van der Waals surface area contributed by atoms with E-state index in [1.165, 1.54) is 11.3 Å². The van der Waals surface area contributed by atoms with Gasteiger partial charge in [-0.3, -0.25) is 14.4 Å². The molecule has 2 aromatic rings. The number of hydrogen-bond acceptors (Lipinski definition) is 8. The first-order valence-corrected chi connectivity index (χ1v) is 12.7. The normalized spacial score (nSPS) is 24.5. The summed E-state index contributed by atoms with van der Waals surface area (Å²) in [4.78, 5) is 45.9. The van der Waals surface area contributed by atoms with Crippen LogP contribution in [0.5, 0.6) is 5.75 Å². The first-order valence-electron chi connectivity index (χ1n) is 11.7. The van der Waals surface area contributed by atoms with E-state index in [0.717, 1.165) is 0 Å². The van der Waals surface area contributed by atoms with Crippen LogP contribution in [0.1, 0.15) is 40.1 Å². The number of likely N-dealkylation sites (N-methyl/N-ethyl adjacent to an activating group) is 1. The zero-order valence-corrected chi connectivity index (χ0v) is 20.3. The second kappa shape index (κ2) is 10.3. The van der Waals surface area contributed by atoms with Gasteiger partial charge in [0.25, 0.3) is 11.8 Å². The molecule has 3 aliphatic rings. The molecular formula is C24H28N4O6S. The van der Waals surface area contributed by atoms with Gasteiger partial charge in [-0.05, 0) is 31.0 Å². The maximum atomic E-state index is 13.4. The second-order valence-electron chi connectivity index (χ2n) is 8.90. The molecule has 5 rings (SSSR count). The van der Waals surface area contributed by atoms with Crippen molar-refractivity contribution in [3.63, 3.8) is 0 Å². The smallest absolute Gasteiger partial charge is 0.275 e. The van der Waals surface area contributed by atoms with Gasteiger partial charge in [-0.2, -0.15) is 0 Å². The molecule has 10 nitrogen and oxygen atoms in total. The van der Waals surface area contributed by atoms with Crippen molar-refractivity contribution in [2.75, 3.05) is 45.3 Å². The van der Waals surface area contributed by atoms with E-state index in [1.807, 2.05) is 4.90 Å². The van der Waals surface area contributed by atoms with Crippen molar-refractivity contribution >= 4 is 34.7 Å². The molecule has 1 N–H and O–H groups in total. The highest BCUT2D eigenvalue weighted by Crippen LogP contribution is 2.32. The number of carbonyl (C=O) groups is 3. The minimum Gasteiger partial charge on any atom is -0.490 e. The van der Waals surface area contributed by atoms with E-state index in [1.54, 1.807) is 41.0 Å². The van der Waals surface area contributed by atoms with Crippen molar-refractivity contribution < 1.29 is 28.6 Å². The summed E-state index contributed by atoms with van der Waals surface area (Å²) in [6.07, 6.45) is 1.18. The van der Waals surface area contributed by atoms with Crippen molar-refractivity contribution in [2.45, 2.75) is 37.5 Å². The largest absolute Gasteiger partial charge is 0.490 e. The second-order valence-corrected chi connectivity index (χ2v) is 9.62. The van der Waals surface area contributed by atoms with Gasteiger partial charge in [-0.1, -0.05) is 0 Å². The molecule has 3 aliphatic heterocycles. The summed E-state index contributed by atoms with van der Waals surface area (Å²) in [7, 11) is 1.76. The number of carbonyl (C=O) groups excluding carboxylic acids is 3. The van der Waals surface area contributed by atoms with E-state index in [-0.39, 0.29) is 42.6 Å². The number of nitrogens with zero attached hydrogens (tertiary/aromatic N) is 3. The third kappa shape index (κ3) is 5.16. The molecule has 186 valence electrons. The quantitative estimate of drug-likeness (QED) is 0.684. The predicted octanol–water partition coefficient (Wildman–Crippen LogP) is 2.02. The van der Waals surface area contributed by atoms with Gasteiger partial charge in [0.1, 0.15) is 24.2 Å². The lowest BCUT2D eigenvalue weighted by molar-refractivity contribution is -0.146. The van der Waals surface area contributed by atoms with Gasteiger partial charge in [-0.25, -0.2) is 4.98 Å². The molecule has 1 aromatic heterocycles. The molecule has 1 aromatic carbocycles. The fourth-order valence-corrected chi connectivity index (χ4v) is 5.29. The first-order chi connectivity index (χ1) is 17.0. The molecule has 3 atom stereocenters. The van der Waals surface area contributed by atoms with Crippen LogP contribution in [-0.4, -0.2) is 90.7 Å². The van der Waals surface area contributed by atoms with Crippen LogP contribution in [0.15, 0.2) is 29.1 Å². The molecule has 0 unspecified atom stereocenters. The number of hydrogen-bond donors (Lipinski definition) is 1. The monoisotopic (exact) mass is 500 g/mol. The number of amides is 3. The minimum atomic E-state index is -0.336. The molecule has 11 heteroatoms. The van der Waals surface area contributed by atoms with Crippen molar-refractivity contribution in [2.24, 2.45) is 0 Å². The van der Waals surface area contributed by atoms with E-state index < -0.39 is 0 Å². The number of anilines is 1. The van der Waals surface area contributed by atoms with Gasteiger partial charge in [-0.15, -0.1) is 11.3 Å². The molecule has 3 amide bonds. The Labute approximate surface area is 207 Å². The molecule has 0 spiro atoms. The fraction of sp³-hybridized carbons (Fsp3) is 0.500. The summed E-state index contributed by atoms with van der Waals surface area (Å²) in [5, 5.41) is 4.45. The van der Waals surface area contributed by atoms with Crippen LogP contribution in [0.4, 0.5) is 5.69 Å². The van der Waals surface area contributed by atoms with Gasteiger partial charge < -0.3 is 29.3 Å². The molecule has 0 saturated carbocycles. The Morgan fingerprint density at radius 1 is 1.23 bits per heavy atom. The lowest BCUT2D eigenvalue weighted by Gasteiger charge is -2.42. The Balaban J connectivity index is 1.27. The van der Waals surface area contributed by atoms with Gasteiger partial charge in [0.05, 0.1) is 42.9 Å². The van der Waals surface area contributed by atoms with E-state index in [4.69, 9.17) is 14.2 Å². The fourth-order valence-electron chi connectivity index (χ4n) is 4.76. The van der Waals surface area contributed by atoms with Gasteiger partial charge >= 0.3 is 0 Å². The third-order valence-electron chi connectivity index (χ3n) is 6.70. The molecule has 2 fully saturated rings. The lowest BCUT2D eigenvalue weighted by Crippen LogP contribution is -2.54. The van der Waals surface area contributed by atoms with Crippen molar-refractivity contribution in [3.05, 3.63) is 40.3 Å². The molecular weight excluding hydrogens is 472 g/mol. The third-order valence-corrected chi connectivity index (χ3v) is 7.29. The summed E-state index contributed by atoms with van der Waals surface area (Å²) >= 11 is 1.34. The Hall–Kier alpha value is -3.02. The van der Waals surface area contributed by atoms with Crippen LogP contribution in [0.25, 0.3) is 0 Å². The summed E-state index contributed by atoms with van der Waals surface area (Å²) in [6.45, 7) is 2.63. The number of ether oxygens (including phenoxy) is 3. The SMILES string of the molecule is CN1C(=O)c2cc(NC(=O)c3cscn3)ccc2OC[C@@H]2O[C@H](CC(=O)N3CCOCC3)CC[C@@H]21. The van der Waals surface area contributed by atoms with E-state index >= 15 is 0 Å². The maximum Gasteiger partial charge on any atom is 0.275 e. The Bertz CT molecular complexity index is 1090. The minimum absolute atomic E-state index is 0.0746. The summed E-state index contributed by atoms with van der Waals surface area (Å²) in [6, 6.07) is 4.84. The van der Waals surface area contributed by atoms with Gasteiger partial charge in [0.2, 0.25) is 5.91 Å². The number of benzene rings is 1. The van der Waals surface area contributed by atoms with Crippen LogP contribution in [0.3, 0.4) is 0 Å². The predicted molar refractivity (Wildman–Crippen MR) is 128 cm³/mol. The molecule has 35 heavy (non-hydrogen) atoms. The number of thiazole rings is 1. The van der Waals surface area contributed by atoms with E-state index in [9.17, 15) is 14.4 Å². The Morgan fingerprint density at radius 3 is 2.83 bits per heavy atom.